The molecule has 0 aliphatic carbocycles. The van der Waals surface area contributed by atoms with Gasteiger partial charge in [0.2, 0.25) is 0 Å². The number of anilines is 1. The summed E-state index contributed by atoms with van der Waals surface area (Å²) in [5, 5.41) is 1.41. The number of rotatable bonds is 2. The first-order valence-electron chi connectivity index (χ1n) is 4.61. The summed E-state index contributed by atoms with van der Waals surface area (Å²) in [6, 6.07) is 0. The molecular weight excluding hydrogens is 198 g/mol. The van der Waals surface area contributed by atoms with Crippen LogP contribution in [-0.4, -0.2) is 27.9 Å². The Labute approximate surface area is 87.3 Å². The zero-order chi connectivity index (χ0) is 9.97. The van der Waals surface area contributed by atoms with Crippen LogP contribution in [0.4, 0.5) is 5.82 Å². The van der Waals surface area contributed by atoms with E-state index in [0.29, 0.717) is 17.2 Å². The SMILES string of the molecule is CC1OCCC1Sc1cnc(N)cn1. The summed E-state index contributed by atoms with van der Waals surface area (Å²) in [5.41, 5.74) is 5.45. The Bertz CT molecular complexity index is 303. The Balaban J connectivity index is 2.00. The van der Waals surface area contributed by atoms with E-state index in [4.69, 9.17) is 10.5 Å². The van der Waals surface area contributed by atoms with Crippen LogP contribution < -0.4 is 5.73 Å². The van der Waals surface area contributed by atoms with Crippen LogP contribution in [0.5, 0.6) is 0 Å². The van der Waals surface area contributed by atoms with E-state index in [-0.39, 0.29) is 0 Å². The van der Waals surface area contributed by atoms with Gasteiger partial charge in [-0.1, -0.05) is 11.8 Å². The van der Waals surface area contributed by atoms with Crippen LogP contribution >= 0.6 is 11.8 Å². The number of nitrogens with two attached hydrogens (primary N) is 1. The molecule has 4 nitrogen and oxygen atoms in total. The summed E-state index contributed by atoms with van der Waals surface area (Å²) in [6.45, 7) is 2.94. The quantitative estimate of drug-likeness (QED) is 0.799. The molecule has 2 N–H and O–H groups in total. The molecule has 0 amide bonds. The average molecular weight is 211 g/mol. The third-order valence-corrected chi connectivity index (χ3v) is 3.60. The maximum Gasteiger partial charge on any atom is 0.141 e. The van der Waals surface area contributed by atoms with Gasteiger partial charge in [0.15, 0.2) is 0 Å². The summed E-state index contributed by atoms with van der Waals surface area (Å²) in [6.07, 6.45) is 4.69. The lowest BCUT2D eigenvalue weighted by Crippen LogP contribution is -2.13. The molecule has 0 radical (unpaired) electrons. The standard InChI is InChI=1S/C9H13N3OS/c1-6-7(2-3-13-6)14-9-5-11-8(10)4-12-9/h4-7H,2-3H2,1H3,(H2,10,11). The van der Waals surface area contributed by atoms with Crippen molar-refractivity contribution in [1.82, 2.24) is 9.97 Å². The fraction of sp³-hybridized carbons (Fsp3) is 0.556. The third kappa shape index (κ3) is 2.16. The number of aromatic nitrogens is 2. The maximum absolute atomic E-state index is 5.47. The maximum atomic E-state index is 5.47. The van der Waals surface area contributed by atoms with Gasteiger partial charge in [-0.2, -0.15) is 0 Å². The highest BCUT2D eigenvalue weighted by Crippen LogP contribution is 2.30. The van der Waals surface area contributed by atoms with Gasteiger partial charge < -0.3 is 10.5 Å². The van der Waals surface area contributed by atoms with Gasteiger partial charge in [-0.05, 0) is 13.3 Å². The van der Waals surface area contributed by atoms with Gasteiger partial charge >= 0.3 is 0 Å². The highest BCUT2D eigenvalue weighted by molar-refractivity contribution is 7.99. The lowest BCUT2D eigenvalue weighted by molar-refractivity contribution is 0.127. The Morgan fingerprint density at radius 2 is 2.36 bits per heavy atom. The minimum Gasteiger partial charge on any atom is -0.382 e. The van der Waals surface area contributed by atoms with E-state index in [2.05, 4.69) is 16.9 Å². The number of hydrogen-bond donors (Lipinski definition) is 1. The molecule has 1 fully saturated rings. The van der Waals surface area contributed by atoms with Gasteiger partial charge in [0, 0.05) is 11.9 Å². The van der Waals surface area contributed by atoms with Crippen molar-refractivity contribution in [2.24, 2.45) is 0 Å². The number of ether oxygens (including phenoxy) is 1. The number of nitrogen functional groups attached to an aromatic ring is 1. The minimum absolute atomic E-state index is 0.305. The van der Waals surface area contributed by atoms with Crippen molar-refractivity contribution in [3.05, 3.63) is 12.4 Å². The van der Waals surface area contributed by atoms with E-state index in [0.717, 1.165) is 18.1 Å². The summed E-state index contributed by atoms with van der Waals surface area (Å²) >= 11 is 1.71. The Morgan fingerprint density at radius 1 is 1.50 bits per heavy atom. The molecule has 0 bridgehead atoms. The third-order valence-electron chi connectivity index (χ3n) is 2.23. The molecule has 1 aromatic heterocycles. The van der Waals surface area contributed by atoms with E-state index < -0.39 is 0 Å². The van der Waals surface area contributed by atoms with Crippen LogP contribution in [0.15, 0.2) is 17.4 Å². The van der Waals surface area contributed by atoms with Crippen molar-refractivity contribution in [3.8, 4) is 0 Å². The summed E-state index contributed by atoms with van der Waals surface area (Å²) in [7, 11) is 0. The Hall–Kier alpha value is -0.810. The van der Waals surface area contributed by atoms with Crippen LogP contribution in [0.3, 0.4) is 0 Å². The fourth-order valence-corrected chi connectivity index (χ4v) is 2.43. The first-order chi connectivity index (χ1) is 6.75. The van der Waals surface area contributed by atoms with Gasteiger partial charge in [-0.15, -0.1) is 0 Å². The lowest BCUT2D eigenvalue weighted by Gasteiger charge is -2.12. The highest BCUT2D eigenvalue weighted by atomic mass is 32.2. The van der Waals surface area contributed by atoms with E-state index in [1.807, 2.05) is 0 Å². The van der Waals surface area contributed by atoms with E-state index in [1.165, 1.54) is 0 Å². The zero-order valence-corrected chi connectivity index (χ0v) is 8.83. The molecule has 2 atom stereocenters. The number of thioether (sulfide) groups is 1. The first-order valence-corrected chi connectivity index (χ1v) is 5.49. The van der Waals surface area contributed by atoms with Crippen molar-refractivity contribution in [3.63, 3.8) is 0 Å². The fourth-order valence-electron chi connectivity index (χ4n) is 1.41. The monoisotopic (exact) mass is 211 g/mol. The van der Waals surface area contributed by atoms with Crippen LogP contribution in [0.25, 0.3) is 0 Å². The molecule has 2 unspecified atom stereocenters. The van der Waals surface area contributed by atoms with Crippen LogP contribution in [0.2, 0.25) is 0 Å². The molecule has 1 aliphatic rings. The molecule has 0 spiro atoms. The molecule has 0 aromatic carbocycles. The number of hydrogen-bond acceptors (Lipinski definition) is 5. The van der Waals surface area contributed by atoms with Crippen LogP contribution in [0.1, 0.15) is 13.3 Å². The van der Waals surface area contributed by atoms with Gasteiger partial charge in [0.1, 0.15) is 10.8 Å². The van der Waals surface area contributed by atoms with E-state index in [9.17, 15) is 0 Å². The normalized spacial score (nSPS) is 26.6. The second-order valence-electron chi connectivity index (χ2n) is 3.30. The molecule has 2 heterocycles. The predicted molar refractivity (Wildman–Crippen MR) is 56.1 cm³/mol. The zero-order valence-electron chi connectivity index (χ0n) is 8.01. The van der Waals surface area contributed by atoms with Gasteiger partial charge in [0.25, 0.3) is 0 Å². The van der Waals surface area contributed by atoms with Gasteiger partial charge in [0.05, 0.1) is 18.5 Å². The van der Waals surface area contributed by atoms with Crippen LogP contribution in [0, 0.1) is 0 Å². The summed E-state index contributed by atoms with van der Waals surface area (Å²) < 4.78 is 5.47. The topological polar surface area (TPSA) is 61.0 Å². The van der Waals surface area contributed by atoms with E-state index >= 15 is 0 Å². The predicted octanol–water partition coefficient (Wildman–Crippen LogP) is 1.33. The molecule has 2 rings (SSSR count). The summed E-state index contributed by atoms with van der Waals surface area (Å²) in [5.74, 6) is 0.463. The molecule has 5 heteroatoms. The van der Waals surface area contributed by atoms with E-state index in [1.54, 1.807) is 24.2 Å². The van der Waals surface area contributed by atoms with Crippen LogP contribution in [-0.2, 0) is 4.74 Å². The second-order valence-corrected chi connectivity index (χ2v) is 4.56. The Kier molecular flexibility index (Phi) is 2.88. The second kappa shape index (κ2) is 4.14. The van der Waals surface area contributed by atoms with Crippen molar-refractivity contribution >= 4 is 17.6 Å². The molecule has 76 valence electrons. The Morgan fingerprint density at radius 3 is 2.93 bits per heavy atom. The van der Waals surface area contributed by atoms with Gasteiger partial charge in [-0.25, -0.2) is 9.97 Å². The molecular formula is C9H13N3OS. The molecule has 1 saturated heterocycles. The number of nitrogens with zero attached hydrogens (tertiary/aromatic N) is 2. The van der Waals surface area contributed by atoms with Crippen molar-refractivity contribution < 1.29 is 4.74 Å². The molecule has 1 aromatic rings. The average Bonchev–Trinajstić information content (AvgIpc) is 2.56. The first kappa shape index (κ1) is 9.73. The summed E-state index contributed by atoms with van der Waals surface area (Å²) in [4.78, 5) is 8.20. The molecule has 1 aliphatic heterocycles. The molecule has 0 saturated carbocycles. The van der Waals surface area contributed by atoms with Crippen molar-refractivity contribution in [2.45, 2.75) is 29.7 Å². The van der Waals surface area contributed by atoms with Crippen molar-refractivity contribution in [1.29, 1.82) is 0 Å². The minimum atomic E-state index is 0.305. The van der Waals surface area contributed by atoms with Gasteiger partial charge in [-0.3, -0.25) is 0 Å². The largest absolute Gasteiger partial charge is 0.382 e. The van der Waals surface area contributed by atoms with Crippen molar-refractivity contribution in [2.75, 3.05) is 12.3 Å². The molecule has 14 heavy (non-hydrogen) atoms. The smallest absolute Gasteiger partial charge is 0.141 e. The lowest BCUT2D eigenvalue weighted by atomic mass is 10.3. The highest BCUT2D eigenvalue weighted by Gasteiger charge is 2.25.